The van der Waals surface area contributed by atoms with Gasteiger partial charge in [-0.3, -0.25) is 4.90 Å². The number of rotatable bonds is 5. The average Bonchev–Trinajstić information content (AvgIpc) is 3.04. The van der Waals surface area contributed by atoms with Gasteiger partial charge in [0, 0.05) is 38.3 Å². The third-order valence-electron chi connectivity index (χ3n) is 4.04. The van der Waals surface area contributed by atoms with Gasteiger partial charge in [-0.1, -0.05) is 0 Å². The number of piperazine rings is 1. The van der Waals surface area contributed by atoms with E-state index in [1.54, 1.807) is 0 Å². The van der Waals surface area contributed by atoms with Gasteiger partial charge in [-0.2, -0.15) is 0 Å². The number of hydrogen-bond acceptors (Lipinski definition) is 3. The molecule has 1 aliphatic carbocycles. The second-order valence-corrected chi connectivity index (χ2v) is 6.32. The Labute approximate surface area is 106 Å². The standard InChI is InChI=1S/C14H28N2O/c1-5-17-14(3,4)10-16-9-13(12-6-7-12)15-8-11(16)2/h11-13,15H,5-10H2,1-4H3. The van der Waals surface area contributed by atoms with Crippen LogP contribution in [0.3, 0.4) is 0 Å². The molecule has 0 aromatic rings. The second-order valence-electron chi connectivity index (χ2n) is 6.32. The van der Waals surface area contributed by atoms with Crippen LogP contribution in [0.5, 0.6) is 0 Å². The van der Waals surface area contributed by atoms with Gasteiger partial charge in [0.2, 0.25) is 0 Å². The molecule has 17 heavy (non-hydrogen) atoms. The molecule has 1 heterocycles. The highest BCUT2D eigenvalue weighted by molar-refractivity contribution is 4.94. The Balaban J connectivity index is 1.88. The van der Waals surface area contributed by atoms with Gasteiger partial charge in [0.1, 0.15) is 0 Å². The molecule has 0 bridgehead atoms. The van der Waals surface area contributed by atoms with E-state index in [4.69, 9.17) is 4.74 Å². The highest BCUT2D eigenvalue weighted by Gasteiger charge is 2.37. The first-order chi connectivity index (χ1) is 8.02. The topological polar surface area (TPSA) is 24.5 Å². The van der Waals surface area contributed by atoms with Crippen LogP contribution in [-0.4, -0.2) is 48.8 Å². The summed E-state index contributed by atoms with van der Waals surface area (Å²) in [6.45, 7) is 13.0. The molecular weight excluding hydrogens is 212 g/mol. The molecular formula is C14H28N2O. The van der Waals surface area contributed by atoms with Gasteiger partial charge in [0.25, 0.3) is 0 Å². The maximum atomic E-state index is 5.83. The number of nitrogens with one attached hydrogen (secondary N) is 1. The van der Waals surface area contributed by atoms with Crippen molar-refractivity contribution in [2.75, 3.05) is 26.2 Å². The van der Waals surface area contributed by atoms with E-state index in [9.17, 15) is 0 Å². The Morgan fingerprint density at radius 3 is 2.65 bits per heavy atom. The summed E-state index contributed by atoms with van der Waals surface area (Å²) in [5, 5.41) is 3.70. The van der Waals surface area contributed by atoms with Crippen LogP contribution < -0.4 is 5.32 Å². The first-order valence-electron chi connectivity index (χ1n) is 7.13. The highest BCUT2D eigenvalue weighted by atomic mass is 16.5. The third kappa shape index (κ3) is 3.67. The number of hydrogen-bond donors (Lipinski definition) is 1. The second kappa shape index (κ2) is 5.25. The van der Waals surface area contributed by atoms with E-state index in [1.807, 2.05) is 0 Å². The van der Waals surface area contributed by atoms with Crippen LogP contribution in [0.4, 0.5) is 0 Å². The van der Waals surface area contributed by atoms with Gasteiger partial charge in [-0.05, 0) is 46.5 Å². The van der Waals surface area contributed by atoms with Crippen molar-refractivity contribution in [2.45, 2.75) is 58.2 Å². The summed E-state index contributed by atoms with van der Waals surface area (Å²) in [5.41, 5.74) is -0.0194. The summed E-state index contributed by atoms with van der Waals surface area (Å²) in [6, 6.07) is 1.35. The predicted molar refractivity (Wildman–Crippen MR) is 71.3 cm³/mol. The molecule has 1 saturated carbocycles. The van der Waals surface area contributed by atoms with Crippen molar-refractivity contribution < 1.29 is 4.74 Å². The molecule has 0 aromatic carbocycles. The average molecular weight is 240 g/mol. The van der Waals surface area contributed by atoms with Crippen molar-refractivity contribution in [3.63, 3.8) is 0 Å². The molecule has 1 aliphatic heterocycles. The van der Waals surface area contributed by atoms with Crippen molar-refractivity contribution >= 4 is 0 Å². The van der Waals surface area contributed by atoms with Crippen LogP contribution in [-0.2, 0) is 4.74 Å². The van der Waals surface area contributed by atoms with Crippen LogP contribution in [0.1, 0.15) is 40.5 Å². The van der Waals surface area contributed by atoms with Crippen LogP contribution in [0, 0.1) is 5.92 Å². The molecule has 2 fully saturated rings. The van der Waals surface area contributed by atoms with Crippen molar-refractivity contribution in [1.82, 2.24) is 10.2 Å². The molecule has 3 nitrogen and oxygen atoms in total. The summed E-state index contributed by atoms with van der Waals surface area (Å²) < 4.78 is 5.83. The lowest BCUT2D eigenvalue weighted by molar-refractivity contribution is -0.0478. The van der Waals surface area contributed by atoms with Crippen molar-refractivity contribution in [1.29, 1.82) is 0 Å². The lowest BCUT2D eigenvalue weighted by Gasteiger charge is -2.42. The van der Waals surface area contributed by atoms with Crippen LogP contribution in [0.15, 0.2) is 0 Å². The maximum absolute atomic E-state index is 5.83. The Morgan fingerprint density at radius 2 is 2.06 bits per heavy atom. The van der Waals surface area contributed by atoms with E-state index in [1.165, 1.54) is 19.4 Å². The van der Waals surface area contributed by atoms with Gasteiger partial charge in [0.15, 0.2) is 0 Å². The van der Waals surface area contributed by atoms with E-state index < -0.39 is 0 Å². The fourth-order valence-electron chi connectivity index (χ4n) is 2.91. The van der Waals surface area contributed by atoms with E-state index in [0.29, 0.717) is 6.04 Å². The summed E-state index contributed by atoms with van der Waals surface area (Å²) in [7, 11) is 0. The molecule has 1 saturated heterocycles. The lowest BCUT2D eigenvalue weighted by atomic mass is 10.0. The number of ether oxygens (including phenoxy) is 1. The Hall–Kier alpha value is -0.120. The molecule has 2 unspecified atom stereocenters. The molecule has 0 amide bonds. The van der Waals surface area contributed by atoms with Gasteiger partial charge < -0.3 is 10.1 Å². The molecule has 3 heteroatoms. The van der Waals surface area contributed by atoms with Crippen LogP contribution >= 0.6 is 0 Å². The Morgan fingerprint density at radius 1 is 1.35 bits per heavy atom. The molecule has 100 valence electrons. The van der Waals surface area contributed by atoms with E-state index in [2.05, 4.69) is 37.9 Å². The van der Waals surface area contributed by atoms with E-state index in [0.717, 1.165) is 31.7 Å². The molecule has 2 aliphatic rings. The fraction of sp³-hybridized carbons (Fsp3) is 1.00. The SMILES string of the molecule is CCOC(C)(C)CN1CC(C2CC2)NCC1C. The molecule has 2 rings (SSSR count). The van der Waals surface area contributed by atoms with Crippen LogP contribution in [0.25, 0.3) is 0 Å². The Bertz CT molecular complexity index is 251. The van der Waals surface area contributed by atoms with Gasteiger partial charge in [0.05, 0.1) is 5.60 Å². The summed E-state index contributed by atoms with van der Waals surface area (Å²) in [4.78, 5) is 2.61. The zero-order valence-corrected chi connectivity index (χ0v) is 11.8. The largest absolute Gasteiger partial charge is 0.375 e. The normalized spacial score (nSPS) is 31.8. The molecule has 1 N–H and O–H groups in total. The van der Waals surface area contributed by atoms with Crippen molar-refractivity contribution in [2.24, 2.45) is 5.92 Å². The van der Waals surface area contributed by atoms with Crippen LogP contribution in [0.2, 0.25) is 0 Å². The summed E-state index contributed by atoms with van der Waals surface area (Å²) in [6.07, 6.45) is 2.85. The maximum Gasteiger partial charge on any atom is 0.0752 e. The number of nitrogens with zero attached hydrogens (tertiary/aromatic N) is 1. The van der Waals surface area contributed by atoms with E-state index >= 15 is 0 Å². The van der Waals surface area contributed by atoms with Gasteiger partial charge in [-0.15, -0.1) is 0 Å². The first-order valence-corrected chi connectivity index (χ1v) is 7.13. The summed E-state index contributed by atoms with van der Waals surface area (Å²) >= 11 is 0. The van der Waals surface area contributed by atoms with Gasteiger partial charge >= 0.3 is 0 Å². The molecule has 2 atom stereocenters. The molecule has 0 radical (unpaired) electrons. The van der Waals surface area contributed by atoms with Crippen molar-refractivity contribution in [3.8, 4) is 0 Å². The zero-order valence-electron chi connectivity index (χ0n) is 11.8. The monoisotopic (exact) mass is 240 g/mol. The fourth-order valence-corrected chi connectivity index (χ4v) is 2.91. The van der Waals surface area contributed by atoms with Crippen molar-refractivity contribution in [3.05, 3.63) is 0 Å². The smallest absolute Gasteiger partial charge is 0.0752 e. The molecule has 0 aromatic heterocycles. The molecule has 0 spiro atoms. The minimum Gasteiger partial charge on any atom is -0.375 e. The zero-order chi connectivity index (χ0) is 12.5. The first kappa shape index (κ1) is 13.3. The summed E-state index contributed by atoms with van der Waals surface area (Å²) in [5.74, 6) is 0.945. The minimum absolute atomic E-state index is 0.0194. The highest BCUT2D eigenvalue weighted by Crippen LogP contribution is 2.34. The quantitative estimate of drug-likeness (QED) is 0.794. The Kier molecular flexibility index (Phi) is 4.11. The lowest BCUT2D eigenvalue weighted by Crippen LogP contribution is -2.59. The minimum atomic E-state index is -0.0194. The predicted octanol–water partition coefficient (Wildman–Crippen LogP) is 1.87. The third-order valence-corrected chi connectivity index (χ3v) is 4.04. The van der Waals surface area contributed by atoms with Gasteiger partial charge in [-0.25, -0.2) is 0 Å². The van der Waals surface area contributed by atoms with E-state index in [-0.39, 0.29) is 5.60 Å².